The lowest BCUT2D eigenvalue weighted by Gasteiger charge is -2.08. The van der Waals surface area contributed by atoms with Gasteiger partial charge in [0.05, 0.1) is 0 Å². The summed E-state index contributed by atoms with van der Waals surface area (Å²) in [6, 6.07) is 12.9. The molecule has 5 nitrogen and oxygen atoms in total. The molecule has 19 heavy (non-hydrogen) atoms. The summed E-state index contributed by atoms with van der Waals surface area (Å²) in [5.41, 5.74) is 1.72. The van der Waals surface area contributed by atoms with Gasteiger partial charge in [0, 0.05) is 25.5 Å². The van der Waals surface area contributed by atoms with Crippen LogP contribution in [0.15, 0.2) is 54.9 Å². The molecular weight excluding hydrogens is 262 g/mol. The zero-order valence-corrected chi connectivity index (χ0v) is 11.1. The summed E-state index contributed by atoms with van der Waals surface area (Å²) in [5, 5.41) is 0. The molecule has 2 aromatic rings. The van der Waals surface area contributed by atoms with Crippen molar-refractivity contribution in [3.05, 3.63) is 66.0 Å². The fraction of sp³-hybridized carbons (Fsp3) is 0.154. The van der Waals surface area contributed by atoms with E-state index in [2.05, 4.69) is 14.4 Å². The van der Waals surface area contributed by atoms with Crippen LogP contribution in [-0.2, 0) is 23.3 Å². The second-order valence-electron chi connectivity index (χ2n) is 3.99. The number of rotatable bonds is 6. The fourth-order valence-electron chi connectivity index (χ4n) is 1.51. The lowest BCUT2D eigenvalue weighted by Crippen LogP contribution is -2.35. The molecule has 100 valence electrons. The first-order chi connectivity index (χ1) is 9.16. The lowest BCUT2D eigenvalue weighted by molar-refractivity contribution is 0.565. The van der Waals surface area contributed by atoms with E-state index in [1.807, 2.05) is 36.4 Å². The van der Waals surface area contributed by atoms with Crippen LogP contribution in [0.3, 0.4) is 0 Å². The number of hydrogen-bond donors (Lipinski definition) is 2. The molecule has 0 unspecified atom stereocenters. The van der Waals surface area contributed by atoms with Crippen LogP contribution in [0, 0.1) is 0 Å². The number of nitrogens with one attached hydrogen (secondary N) is 2. The van der Waals surface area contributed by atoms with E-state index in [-0.39, 0.29) is 13.1 Å². The molecule has 6 heteroatoms. The van der Waals surface area contributed by atoms with Gasteiger partial charge in [0.1, 0.15) is 0 Å². The van der Waals surface area contributed by atoms with Crippen molar-refractivity contribution >= 4 is 10.2 Å². The Kier molecular flexibility index (Phi) is 4.62. The van der Waals surface area contributed by atoms with Crippen molar-refractivity contribution in [3.8, 4) is 0 Å². The van der Waals surface area contributed by atoms with Crippen LogP contribution >= 0.6 is 0 Å². The summed E-state index contributed by atoms with van der Waals surface area (Å²) >= 11 is 0. The topological polar surface area (TPSA) is 71.1 Å². The normalized spacial score (nSPS) is 11.4. The molecule has 0 aliphatic rings. The highest BCUT2D eigenvalue weighted by atomic mass is 32.2. The quantitative estimate of drug-likeness (QED) is 0.833. The molecule has 0 saturated carbocycles. The van der Waals surface area contributed by atoms with E-state index in [0.717, 1.165) is 11.1 Å². The molecule has 0 bridgehead atoms. The third kappa shape index (κ3) is 4.78. The van der Waals surface area contributed by atoms with Crippen molar-refractivity contribution in [1.82, 2.24) is 14.4 Å². The minimum absolute atomic E-state index is 0.220. The van der Waals surface area contributed by atoms with E-state index >= 15 is 0 Å². The Labute approximate surface area is 112 Å². The summed E-state index contributed by atoms with van der Waals surface area (Å²) in [4.78, 5) is 3.92. The van der Waals surface area contributed by atoms with Gasteiger partial charge in [-0.3, -0.25) is 4.98 Å². The van der Waals surface area contributed by atoms with Crippen LogP contribution in [0.4, 0.5) is 0 Å². The zero-order valence-electron chi connectivity index (χ0n) is 10.3. The molecule has 0 aliphatic heterocycles. The Hall–Kier alpha value is -1.76. The summed E-state index contributed by atoms with van der Waals surface area (Å²) in [7, 11) is -3.51. The van der Waals surface area contributed by atoms with Gasteiger partial charge in [0.15, 0.2) is 0 Å². The van der Waals surface area contributed by atoms with Crippen molar-refractivity contribution in [1.29, 1.82) is 0 Å². The third-order valence-corrected chi connectivity index (χ3v) is 3.55. The van der Waals surface area contributed by atoms with E-state index in [1.54, 1.807) is 18.5 Å². The maximum Gasteiger partial charge on any atom is 0.277 e. The third-order valence-electron chi connectivity index (χ3n) is 2.50. The summed E-state index contributed by atoms with van der Waals surface area (Å²) in [6.45, 7) is 0.487. The van der Waals surface area contributed by atoms with Gasteiger partial charge < -0.3 is 0 Å². The molecule has 1 aromatic heterocycles. The van der Waals surface area contributed by atoms with Gasteiger partial charge in [-0.1, -0.05) is 36.4 Å². The van der Waals surface area contributed by atoms with Gasteiger partial charge in [-0.25, -0.2) is 0 Å². The van der Waals surface area contributed by atoms with Crippen molar-refractivity contribution in [3.63, 3.8) is 0 Å². The number of aromatic nitrogens is 1. The lowest BCUT2D eigenvalue weighted by atomic mass is 10.2. The first-order valence-corrected chi connectivity index (χ1v) is 7.31. The van der Waals surface area contributed by atoms with Crippen LogP contribution in [0.1, 0.15) is 11.1 Å². The van der Waals surface area contributed by atoms with Gasteiger partial charge >= 0.3 is 0 Å². The SMILES string of the molecule is O=S(=O)(NCc1ccccc1)NCc1cccnc1. The predicted molar refractivity (Wildman–Crippen MR) is 73.3 cm³/mol. The number of pyridine rings is 1. The van der Waals surface area contributed by atoms with Crippen LogP contribution in [-0.4, -0.2) is 13.4 Å². The second-order valence-corrected chi connectivity index (χ2v) is 5.58. The first kappa shape index (κ1) is 13.7. The molecule has 0 amide bonds. The molecular formula is C13H15N3O2S. The number of benzene rings is 1. The minimum Gasteiger partial charge on any atom is -0.264 e. The Morgan fingerprint density at radius 2 is 1.53 bits per heavy atom. The summed E-state index contributed by atoms with van der Waals surface area (Å²) in [5.74, 6) is 0. The van der Waals surface area contributed by atoms with Crippen molar-refractivity contribution in [2.45, 2.75) is 13.1 Å². The monoisotopic (exact) mass is 277 g/mol. The van der Waals surface area contributed by atoms with Crippen LogP contribution < -0.4 is 9.44 Å². The molecule has 0 radical (unpaired) electrons. The van der Waals surface area contributed by atoms with Gasteiger partial charge in [-0.05, 0) is 17.2 Å². The van der Waals surface area contributed by atoms with E-state index in [0.29, 0.717) is 0 Å². The van der Waals surface area contributed by atoms with Crippen molar-refractivity contribution in [2.24, 2.45) is 0 Å². The molecule has 0 atom stereocenters. The van der Waals surface area contributed by atoms with Crippen molar-refractivity contribution < 1.29 is 8.42 Å². The molecule has 0 saturated heterocycles. The number of nitrogens with zero attached hydrogens (tertiary/aromatic N) is 1. The average Bonchev–Trinajstić information content (AvgIpc) is 2.46. The highest BCUT2D eigenvalue weighted by Gasteiger charge is 2.08. The second kappa shape index (κ2) is 6.42. The average molecular weight is 277 g/mol. The maximum atomic E-state index is 11.7. The van der Waals surface area contributed by atoms with E-state index in [9.17, 15) is 8.42 Å². The largest absolute Gasteiger partial charge is 0.277 e. The number of hydrogen-bond acceptors (Lipinski definition) is 3. The van der Waals surface area contributed by atoms with Gasteiger partial charge in [0.2, 0.25) is 0 Å². The molecule has 1 heterocycles. The molecule has 0 spiro atoms. The standard InChI is InChI=1S/C13H15N3O2S/c17-19(18,15-10-12-5-2-1-3-6-12)16-11-13-7-4-8-14-9-13/h1-9,15-16H,10-11H2. The van der Waals surface area contributed by atoms with E-state index in [1.165, 1.54) is 0 Å². The molecule has 1 aromatic carbocycles. The Morgan fingerprint density at radius 1 is 0.895 bits per heavy atom. The highest BCUT2D eigenvalue weighted by molar-refractivity contribution is 7.87. The highest BCUT2D eigenvalue weighted by Crippen LogP contribution is 1.99. The van der Waals surface area contributed by atoms with Gasteiger partial charge in [-0.15, -0.1) is 0 Å². The summed E-state index contributed by atoms with van der Waals surface area (Å²) in [6.07, 6.45) is 3.27. The Balaban J connectivity index is 1.86. The molecule has 2 rings (SSSR count). The predicted octanol–water partition coefficient (Wildman–Crippen LogP) is 1.21. The van der Waals surface area contributed by atoms with Gasteiger partial charge in [0.25, 0.3) is 10.2 Å². The fourth-order valence-corrected chi connectivity index (χ4v) is 2.32. The Morgan fingerprint density at radius 3 is 2.16 bits per heavy atom. The molecule has 0 aliphatic carbocycles. The van der Waals surface area contributed by atoms with E-state index < -0.39 is 10.2 Å². The van der Waals surface area contributed by atoms with Gasteiger partial charge in [-0.2, -0.15) is 17.9 Å². The summed E-state index contributed by atoms with van der Waals surface area (Å²) < 4.78 is 28.4. The smallest absolute Gasteiger partial charge is 0.264 e. The Bertz CT molecular complexity index is 551. The van der Waals surface area contributed by atoms with Crippen molar-refractivity contribution in [2.75, 3.05) is 0 Å². The van der Waals surface area contributed by atoms with E-state index in [4.69, 9.17) is 0 Å². The first-order valence-electron chi connectivity index (χ1n) is 5.83. The van der Waals surface area contributed by atoms with Crippen LogP contribution in [0.2, 0.25) is 0 Å². The zero-order chi connectivity index (χ0) is 13.6. The minimum atomic E-state index is -3.51. The van der Waals surface area contributed by atoms with Crippen LogP contribution in [0.5, 0.6) is 0 Å². The molecule has 0 fully saturated rings. The van der Waals surface area contributed by atoms with Crippen LogP contribution in [0.25, 0.3) is 0 Å². The maximum absolute atomic E-state index is 11.7. The molecule has 2 N–H and O–H groups in total.